The molecule has 0 atom stereocenters. The van der Waals surface area contributed by atoms with Crippen LogP contribution in [0.4, 0.5) is 0 Å². The average Bonchev–Trinajstić information content (AvgIpc) is 2.14. The highest BCUT2D eigenvalue weighted by Gasteiger charge is 2.39. The second-order valence-electron chi connectivity index (χ2n) is 6.05. The van der Waals surface area contributed by atoms with Gasteiger partial charge in [-0.3, -0.25) is 0 Å². The second kappa shape index (κ2) is 4.73. The summed E-state index contributed by atoms with van der Waals surface area (Å²) >= 11 is 0. The van der Waals surface area contributed by atoms with Gasteiger partial charge in [-0.05, 0) is 42.8 Å². The van der Waals surface area contributed by atoms with E-state index in [4.69, 9.17) is 9.16 Å². The number of aryl methyl sites for hydroxylation is 1. The predicted octanol–water partition coefficient (Wildman–Crippen LogP) is 4.39. The topological polar surface area (TPSA) is 18.5 Å². The molecule has 0 saturated heterocycles. The molecule has 0 aliphatic carbocycles. The summed E-state index contributed by atoms with van der Waals surface area (Å²) in [6, 6.07) is 6.05. The van der Waals surface area contributed by atoms with E-state index in [9.17, 15) is 0 Å². The molecule has 1 aromatic rings. The highest BCUT2D eigenvalue weighted by molar-refractivity contribution is 6.74. The number of ether oxygens (including phenoxy) is 1. The summed E-state index contributed by atoms with van der Waals surface area (Å²) in [4.78, 5) is 0. The lowest BCUT2D eigenvalue weighted by Crippen LogP contribution is -2.43. The van der Waals surface area contributed by atoms with Crippen molar-refractivity contribution in [3.05, 3.63) is 23.8 Å². The van der Waals surface area contributed by atoms with Crippen molar-refractivity contribution in [2.75, 3.05) is 7.11 Å². The third kappa shape index (κ3) is 3.50. The molecule has 0 N–H and O–H groups in total. The molecule has 0 aliphatic heterocycles. The number of methoxy groups -OCH3 is 1. The summed E-state index contributed by atoms with van der Waals surface area (Å²) < 4.78 is 11.5. The van der Waals surface area contributed by atoms with E-state index < -0.39 is 8.32 Å². The van der Waals surface area contributed by atoms with Crippen LogP contribution in [-0.2, 0) is 0 Å². The summed E-state index contributed by atoms with van der Waals surface area (Å²) in [7, 11) is -0.0745. The van der Waals surface area contributed by atoms with Crippen molar-refractivity contribution in [3.63, 3.8) is 0 Å². The lowest BCUT2D eigenvalue weighted by molar-refractivity contribution is 0.410. The molecule has 96 valence electrons. The Morgan fingerprint density at radius 3 is 2.00 bits per heavy atom. The van der Waals surface area contributed by atoms with Gasteiger partial charge in [0.1, 0.15) is 11.5 Å². The molecule has 0 bridgehead atoms. The van der Waals surface area contributed by atoms with Gasteiger partial charge in [-0.25, -0.2) is 0 Å². The minimum Gasteiger partial charge on any atom is -0.543 e. The van der Waals surface area contributed by atoms with Gasteiger partial charge in [-0.15, -0.1) is 0 Å². The predicted molar refractivity (Wildman–Crippen MR) is 75.6 cm³/mol. The van der Waals surface area contributed by atoms with E-state index in [0.717, 1.165) is 17.1 Å². The van der Waals surface area contributed by atoms with Crippen molar-refractivity contribution < 1.29 is 9.16 Å². The van der Waals surface area contributed by atoms with E-state index in [2.05, 4.69) is 46.9 Å². The first kappa shape index (κ1) is 14.1. The first-order valence-electron chi connectivity index (χ1n) is 6.00. The molecule has 2 nitrogen and oxygen atoms in total. The molecule has 0 amide bonds. The van der Waals surface area contributed by atoms with Gasteiger partial charge in [-0.1, -0.05) is 20.8 Å². The Labute approximate surface area is 106 Å². The van der Waals surface area contributed by atoms with Crippen molar-refractivity contribution in [3.8, 4) is 11.5 Å². The third-order valence-electron chi connectivity index (χ3n) is 3.44. The van der Waals surface area contributed by atoms with Gasteiger partial charge >= 0.3 is 0 Å². The number of hydrogen-bond donors (Lipinski definition) is 0. The Morgan fingerprint density at radius 1 is 1.00 bits per heavy atom. The van der Waals surface area contributed by atoms with Crippen molar-refractivity contribution >= 4 is 8.32 Å². The highest BCUT2D eigenvalue weighted by Crippen LogP contribution is 2.38. The lowest BCUT2D eigenvalue weighted by atomic mass is 10.2. The number of hydrogen-bond acceptors (Lipinski definition) is 2. The normalized spacial score (nSPS) is 12.4. The minimum atomic E-state index is -1.76. The van der Waals surface area contributed by atoms with Crippen LogP contribution in [0.2, 0.25) is 18.1 Å². The summed E-state index contributed by atoms with van der Waals surface area (Å²) in [5.74, 6) is 1.78. The van der Waals surface area contributed by atoms with Crippen molar-refractivity contribution in [1.82, 2.24) is 0 Å². The molecule has 0 saturated carbocycles. The summed E-state index contributed by atoms with van der Waals surface area (Å²) in [6.45, 7) is 13.3. The highest BCUT2D eigenvalue weighted by atomic mass is 28.4. The maximum atomic E-state index is 6.25. The fourth-order valence-corrected chi connectivity index (χ4v) is 2.35. The van der Waals surface area contributed by atoms with Crippen LogP contribution < -0.4 is 9.16 Å². The van der Waals surface area contributed by atoms with Gasteiger partial charge in [0.25, 0.3) is 0 Å². The zero-order valence-electron chi connectivity index (χ0n) is 12.0. The SMILES string of the molecule is COc1cc(C)cc(O[Si](C)(C)C(C)(C)C)c1. The summed E-state index contributed by atoms with van der Waals surface area (Å²) in [6.07, 6.45) is 0. The lowest BCUT2D eigenvalue weighted by Gasteiger charge is -2.36. The van der Waals surface area contributed by atoms with E-state index in [1.807, 2.05) is 12.1 Å². The van der Waals surface area contributed by atoms with Gasteiger partial charge in [-0.2, -0.15) is 0 Å². The fraction of sp³-hybridized carbons (Fsp3) is 0.571. The summed E-state index contributed by atoms with van der Waals surface area (Å²) in [5.41, 5.74) is 1.16. The molecule has 0 spiro atoms. The van der Waals surface area contributed by atoms with Crippen LogP contribution in [-0.4, -0.2) is 15.4 Å². The molecular formula is C14H24O2Si. The Morgan fingerprint density at radius 2 is 1.53 bits per heavy atom. The van der Waals surface area contributed by atoms with Crippen LogP contribution in [0.1, 0.15) is 26.3 Å². The molecule has 1 rings (SSSR count). The van der Waals surface area contributed by atoms with Crippen molar-refractivity contribution in [2.24, 2.45) is 0 Å². The second-order valence-corrected chi connectivity index (χ2v) is 10.8. The first-order chi connectivity index (χ1) is 7.65. The zero-order chi connectivity index (χ0) is 13.3. The van der Waals surface area contributed by atoms with Gasteiger partial charge < -0.3 is 9.16 Å². The molecule has 0 aromatic heterocycles. The van der Waals surface area contributed by atoms with Crippen LogP contribution in [0.5, 0.6) is 11.5 Å². The Bertz CT molecular complexity index is 392. The Balaban J connectivity index is 2.99. The minimum absolute atomic E-state index is 0.212. The third-order valence-corrected chi connectivity index (χ3v) is 7.80. The molecule has 0 heterocycles. The van der Waals surface area contributed by atoms with E-state index >= 15 is 0 Å². The van der Waals surface area contributed by atoms with E-state index in [0.29, 0.717) is 0 Å². The van der Waals surface area contributed by atoms with Crippen molar-refractivity contribution in [2.45, 2.75) is 45.8 Å². The number of rotatable bonds is 3. The standard InChI is InChI=1S/C14H24O2Si/c1-11-8-12(15-5)10-13(9-11)16-17(6,7)14(2,3)4/h8-10H,1-7H3. The molecule has 17 heavy (non-hydrogen) atoms. The maximum absolute atomic E-state index is 6.25. The number of benzene rings is 1. The monoisotopic (exact) mass is 252 g/mol. The summed E-state index contributed by atoms with van der Waals surface area (Å²) in [5, 5.41) is 0.212. The van der Waals surface area contributed by atoms with Gasteiger partial charge in [0.15, 0.2) is 0 Å². The zero-order valence-corrected chi connectivity index (χ0v) is 13.0. The Hall–Kier alpha value is -0.963. The molecule has 1 aromatic carbocycles. The maximum Gasteiger partial charge on any atom is 0.250 e. The molecule has 0 aliphatic rings. The van der Waals surface area contributed by atoms with Crippen LogP contribution in [0, 0.1) is 6.92 Å². The van der Waals surface area contributed by atoms with Gasteiger partial charge in [0, 0.05) is 6.07 Å². The van der Waals surface area contributed by atoms with Crippen LogP contribution in [0.25, 0.3) is 0 Å². The van der Waals surface area contributed by atoms with Crippen LogP contribution in [0.3, 0.4) is 0 Å². The average molecular weight is 252 g/mol. The molecule has 3 heteroatoms. The smallest absolute Gasteiger partial charge is 0.250 e. The quantitative estimate of drug-likeness (QED) is 0.743. The van der Waals surface area contributed by atoms with Gasteiger partial charge in [0.2, 0.25) is 8.32 Å². The molecular weight excluding hydrogens is 228 g/mol. The largest absolute Gasteiger partial charge is 0.543 e. The van der Waals surface area contributed by atoms with E-state index in [1.165, 1.54) is 0 Å². The fourth-order valence-electron chi connectivity index (χ4n) is 1.34. The van der Waals surface area contributed by atoms with Gasteiger partial charge in [0.05, 0.1) is 7.11 Å². The van der Waals surface area contributed by atoms with E-state index in [1.54, 1.807) is 7.11 Å². The first-order valence-corrected chi connectivity index (χ1v) is 8.91. The van der Waals surface area contributed by atoms with Crippen molar-refractivity contribution in [1.29, 1.82) is 0 Å². The molecule has 0 unspecified atom stereocenters. The van der Waals surface area contributed by atoms with Crippen LogP contribution in [0.15, 0.2) is 18.2 Å². The van der Waals surface area contributed by atoms with Crippen LogP contribution >= 0.6 is 0 Å². The Kier molecular flexibility index (Phi) is 3.92. The molecule has 0 fully saturated rings. The molecule has 0 radical (unpaired) electrons. The van der Waals surface area contributed by atoms with E-state index in [-0.39, 0.29) is 5.04 Å².